The smallest absolute Gasteiger partial charge is 0.338 e. The molecule has 0 atom stereocenters. The summed E-state index contributed by atoms with van der Waals surface area (Å²) < 4.78 is 22.4. The molecule has 1 amide bonds. The highest BCUT2D eigenvalue weighted by Gasteiger charge is 2.11. The van der Waals surface area contributed by atoms with E-state index in [1.807, 2.05) is 0 Å². The SMILES string of the molecule is COCCNC(=O)COC(=O)c1ccc(F)c(Cl)c1. The van der Waals surface area contributed by atoms with Crippen molar-refractivity contribution in [2.75, 3.05) is 26.9 Å². The quantitative estimate of drug-likeness (QED) is 0.635. The molecule has 0 saturated carbocycles. The van der Waals surface area contributed by atoms with E-state index in [0.717, 1.165) is 12.1 Å². The van der Waals surface area contributed by atoms with Gasteiger partial charge in [0.15, 0.2) is 6.61 Å². The zero-order valence-electron chi connectivity index (χ0n) is 10.2. The molecule has 0 radical (unpaired) electrons. The number of methoxy groups -OCH3 is 1. The molecule has 0 saturated heterocycles. The van der Waals surface area contributed by atoms with Crippen molar-refractivity contribution < 1.29 is 23.5 Å². The van der Waals surface area contributed by atoms with Crippen molar-refractivity contribution in [2.24, 2.45) is 0 Å². The molecule has 0 spiro atoms. The van der Waals surface area contributed by atoms with Crippen molar-refractivity contribution in [2.45, 2.75) is 0 Å². The third-order valence-corrected chi connectivity index (χ3v) is 2.41. The Morgan fingerprint density at radius 1 is 1.42 bits per heavy atom. The molecule has 0 heterocycles. The summed E-state index contributed by atoms with van der Waals surface area (Å²) in [5.41, 5.74) is 0.0797. The van der Waals surface area contributed by atoms with Crippen LogP contribution in [0.15, 0.2) is 18.2 Å². The summed E-state index contributed by atoms with van der Waals surface area (Å²) in [6.07, 6.45) is 0. The lowest BCUT2D eigenvalue weighted by molar-refractivity contribution is -0.124. The topological polar surface area (TPSA) is 64.6 Å². The van der Waals surface area contributed by atoms with Crippen LogP contribution in [0.2, 0.25) is 5.02 Å². The van der Waals surface area contributed by atoms with Crippen molar-refractivity contribution in [3.05, 3.63) is 34.6 Å². The zero-order chi connectivity index (χ0) is 14.3. The molecule has 0 bridgehead atoms. The average molecular weight is 290 g/mol. The van der Waals surface area contributed by atoms with Crippen LogP contribution in [0.3, 0.4) is 0 Å². The summed E-state index contributed by atoms with van der Waals surface area (Å²) >= 11 is 5.53. The van der Waals surface area contributed by atoms with Crippen LogP contribution >= 0.6 is 11.6 Å². The van der Waals surface area contributed by atoms with Gasteiger partial charge in [0.05, 0.1) is 17.2 Å². The van der Waals surface area contributed by atoms with E-state index >= 15 is 0 Å². The average Bonchev–Trinajstić information content (AvgIpc) is 2.39. The maximum absolute atomic E-state index is 12.9. The van der Waals surface area contributed by atoms with E-state index in [4.69, 9.17) is 21.1 Å². The van der Waals surface area contributed by atoms with Crippen molar-refractivity contribution in [1.82, 2.24) is 5.32 Å². The third kappa shape index (κ3) is 5.23. The maximum Gasteiger partial charge on any atom is 0.338 e. The van der Waals surface area contributed by atoms with E-state index in [2.05, 4.69) is 5.32 Å². The Hall–Kier alpha value is -1.66. The van der Waals surface area contributed by atoms with Crippen LogP contribution in [-0.2, 0) is 14.3 Å². The number of rotatable bonds is 6. The predicted molar refractivity (Wildman–Crippen MR) is 66.6 cm³/mol. The Morgan fingerprint density at radius 2 is 2.16 bits per heavy atom. The van der Waals surface area contributed by atoms with Crippen molar-refractivity contribution >= 4 is 23.5 Å². The largest absolute Gasteiger partial charge is 0.452 e. The number of ether oxygens (including phenoxy) is 2. The molecule has 1 rings (SSSR count). The van der Waals surface area contributed by atoms with Gasteiger partial charge in [0.25, 0.3) is 5.91 Å². The van der Waals surface area contributed by atoms with Crippen LogP contribution in [-0.4, -0.2) is 38.7 Å². The fourth-order valence-electron chi connectivity index (χ4n) is 1.18. The molecule has 1 N–H and O–H groups in total. The zero-order valence-corrected chi connectivity index (χ0v) is 11.0. The van der Waals surface area contributed by atoms with Gasteiger partial charge >= 0.3 is 5.97 Å². The van der Waals surface area contributed by atoms with Crippen LogP contribution in [0.25, 0.3) is 0 Å². The lowest BCUT2D eigenvalue weighted by Gasteiger charge is -2.06. The predicted octanol–water partition coefficient (Wildman–Crippen LogP) is 1.40. The van der Waals surface area contributed by atoms with E-state index in [-0.39, 0.29) is 10.6 Å². The van der Waals surface area contributed by atoms with Crippen molar-refractivity contribution in [3.63, 3.8) is 0 Å². The number of carbonyl (C=O) groups is 2. The minimum absolute atomic E-state index is 0.0797. The van der Waals surface area contributed by atoms with Gasteiger partial charge in [0.1, 0.15) is 5.82 Å². The Kier molecular flexibility index (Phi) is 6.24. The summed E-state index contributed by atoms with van der Waals surface area (Å²) in [7, 11) is 1.50. The number of benzene rings is 1. The van der Waals surface area contributed by atoms with Gasteiger partial charge in [-0.1, -0.05) is 11.6 Å². The van der Waals surface area contributed by atoms with Crippen molar-refractivity contribution in [3.8, 4) is 0 Å². The summed E-state index contributed by atoms with van der Waals surface area (Å²) in [5, 5.41) is 2.30. The lowest BCUT2D eigenvalue weighted by Crippen LogP contribution is -2.31. The first-order valence-electron chi connectivity index (χ1n) is 5.42. The van der Waals surface area contributed by atoms with Crippen LogP contribution in [0, 0.1) is 5.82 Å². The highest BCUT2D eigenvalue weighted by molar-refractivity contribution is 6.31. The van der Waals surface area contributed by atoms with E-state index < -0.39 is 24.3 Å². The van der Waals surface area contributed by atoms with Crippen LogP contribution in [0.4, 0.5) is 4.39 Å². The first-order valence-corrected chi connectivity index (χ1v) is 5.80. The second-order valence-electron chi connectivity index (χ2n) is 3.55. The highest BCUT2D eigenvalue weighted by Crippen LogP contribution is 2.16. The third-order valence-electron chi connectivity index (χ3n) is 2.12. The normalized spacial score (nSPS) is 10.1. The monoisotopic (exact) mass is 289 g/mol. The number of halogens is 2. The Morgan fingerprint density at radius 3 is 2.79 bits per heavy atom. The molecule has 0 aliphatic carbocycles. The molecule has 19 heavy (non-hydrogen) atoms. The fraction of sp³-hybridized carbons (Fsp3) is 0.333. The van der Waals surface area contributed by atoms with Gasteiger partial charge in [-0.25, -0.2) is 9.18 Å². The Labute approximate surface area is 114 Å². The second-order valence-corrected chi connectivity index (χ2v) is 3.95. The number of esters is 1. The first-order chi connectivity index (χ1) is 9.04. The molecule has 7 heteroatoms. The summed E-state index contributed by atoms with van der Waals surface area (Å²) in [6, 6.07) is 3.42. The van der Waals surface area contributed by atoms with E-state index in [0.29, 0.717) is 13.2 Å². The summed E-state index contributed by atoms with van der Waals surface area (Å²) in [5.74, 6) is -1.82. The Bertz CT molecular complexity index is 467. The summed E-state index contributed by atoms with van der Waals surface area (Å²) in [4.78, 5) is 22.8. The molecule has 0 fully saturated rings. The van der Waals surface area contributed by atoms with Gasteiger partial charge in [-0.3, -0.25) is 4.79 Å². The molecule has 5 nitrogen and oxygen atoms in total. The number of amides is 1. The highest BCUT2D eigenvalue weighted by atomic mass is 35.5. The summed E-state index contributed by atoms with van der Waals surface area (Å²) in [6.45, 7) is 0.278. The fourth-order valence-corrected chi connectivity index (χ4v) is 1.36. The number of nitrogens with one attached hydrogen (secondary N) is 1. The molecule has 1 aromatic carbocycles. The van der Waals surface area contributed by atoms with Crippen LogP contribution < -0.4 is 5.32 Å². The number of carbonyl (C=O) groups excluding carboxylic acids is 2. The first kappa shape index (κ1) is 15.4. The molecule has 104 valence electrons. The van der Waals surface area contributed by atoms with E-state index in [1.165, 1.54) is 13.2 Å². The van der Waals surface area contributed by atoms with E-state index in [1.54, 1.807) is 0 Å². The standard InChI is InChI=1S/C12H13ClFNO4/c1-18-5-4-15-11(16)7-19-12(17)8-2-3-10(14)9(13)6-8/h2-3,6H,4-5,7H2,1H3,(H,15,16). The molecule has 1 aromatic rings. The number of hydrogen-bond acceptors (Lipinski definition) is 4. The van der Waals surface area contributed by atoms with E-state index in [9.17, 15) is 14.0 Å². The molecule has 0 aromatic heterocycles. The number of hydrogen-bond donors (Lipinski definition) is 1. The van der Waals surface area contributed by atoms with Gasteiger partial charge in [-0.15, -0.1) is 0 Å². The van der Waals surface area contributed by atoms with Crippen LogP contribution in [0.5, 0.6) is 0 Å². The second kappa shape index (κ2) is 7.70. The van der Waals surface area contributed by atoms with Gasteiger partial charge in [-0.2, -0.15) is 0 Å². The minimum Gasteiger partial charge on any atom is -0.452 e. The van der Waals surface area contributed by atoms with Gasteiger partial charge in [0.2, 0.25) is 0 Å². The van der Waals surface area contributed by atoms with Gasteiger partial charge in [0, 0.05) is 13.7 Å². The molecular weight excluding hydrogens is 277 g/mol. The van der Waals surface area contributed by atoms with Crippen molar-refractivity contribution in [1.29, 1.82) is 0 Å². The molecular formula is C12H13ClFNO4. The van der Waals surface area contributed by atoms with Gasteiger partial charge < -0.3 is 14.8 Å². The maximum atomic E-state index is 12.9. The molecule has 0 aliphatic heterocycles. The van der Waals surface area contributed by atoms with Gasteiger partial charge in [-0.05, 0) is 18.2 Å². The lowest BCUT2D eigenvalue weighted by atomic mass is 10.2. The molecule has 0 unspecified atom stereocenters. The van der Waals surface area contributed by atoms with Crippen LogP contribution in [0.1, 0.15) is 10.4 Å². The Balaban J connectivity index is 2.42. The molecule has 0 aliphatic rings. The minimum atomic E-state index is -0.746.